The molecule has 0 radical (unpaired) electrons. The number of hydrogen-bond acceptors (Lipinski definition) is 6. The van der Waals surface area contributed by atoms with Gasteiger partial charge in [0, 0.05) is 32.2 Å². The van der Waals surface area contributed by atoms with Crippen LogP contribution >= 0.6 is 0 Å². The minimum absolute atomic E-state index is 0.0793. The van der Waals surface area contributed by atoms with Crippen molar-refractivity contribution in [3.63, 3.8) is 0 Å². The Morgan fingerprint density at radius 1 is 1.52 bits per heavy atom. The van der Waals surface area contributed by atoms with E-state index < -0.39 is 0 Å². The Morgan fingerprint density at radius 3 is 2.76 bits per heavy atom. The number of hydrogen-bond donors (Lipinski definition) is 2. The molecule has 2 heterocycles. The summed E-state index contributed by atoms with van der Waals surface area (Å²) in [5.41, 5.74) is 6.09. The normalized spacial score (nSPS) is 18.7. The van der Waals surface area contributed by atoms with Gasteiger partial charge in [-0.05, 0) is 6.42 Å². The highest BCUT2D eigenvalue weighted by Gasteiger charge is 2.29. The number of aromatic nitrogens is 1. The van der Waals surface area contributed by atoms with Crippen molar-refractivity contribution in [1.29, 1.82) is 0 Å². The van der Waals surface area contributed by atoms with Crippen LogP contribution in [0.4, 0.5) is 0 Å². The second-order valence-corrected chi connectivity index (χ2v) is 5.04. The highest BCUT2D eigenvalue weighted by molar-refractivity contribution is 5.92. The van der Waals surface area contributed by atoms with E-state index in [2.05, 4.69) is 22.1 Å². The van der Waals surface area contributed by atoms with Crippen molar-refractivity contribution in [3.05, 3.63) is 18.0 Å². The van der Waals surface area contributed by atoms with E-state index in [1.165, 1.54) is 6.26 Å². The predicted octanol–water partition coefficient (Wildman–Crippen LogP) is 0.348. The highest BCUT2D eigenvalue weighted by atomic mass is 16.5. The third kappa shape index (κ3) is 3.52. The smallest absolute Gasteiger partial charge is 0.276 e. The number of amides is 1. The van der Waals surface area contributed by atoms with Crippen molar-refractivity contribution < 1.29 is 14.5 Å². The van der Waals surface area contributed by atoms with Crippen LogP contribution in [0.15, 0.2) is 22.0 Å². The maximum Gasteiger partial charge on any atom is 0.276 e. The first kappa shape index (κ1) is 15.3. The summed E-state index contributed by atoms with van der Waals surface area (Å²) in [6.07, 6.45) is 3.16. The standard InChI is InChI=1S/C13H21N5O3/c1-2-3-11(12(14)15-20)17-5-7-18(8-6-17)13(19)10-4-9-21-16-10/h4,9,11,20H,2-3,5-8H2,1H3,(H2,14,15). The van der Waals surface area contributed by atoms with Crippen molar-refractivity contribution in [2.24, 2.45) is 10.9 Å². The largest absolute Gasteiger partial charge is 0.409 e. The van der Waals surface area contributed by atoms with Crippen LogP contribution in [0.25, 0.3) is 0 Å². The quantitative estimate of drug-likeness (QED) is 0.351. The van der Waals surface area contributed by atoms with E-state index >= 15 is 0 Å². The van der Waals surface area contributed by atoms with Crippen molar-refractivity contribution in [2.75, 3.05) is 26.2 Å². The molecular weight excluding hydrogens is 274 g/mol. The maximum atomic E-state index is 12.1. The summed E-state index contributed by atoms with van der Waals surface area (Å²) in [5, 5.41) is 15.7. The summed E-state index contributed by atoms with van der Waals surface area (Å²) in [4.78, 5) is 16.0. The molecule has 1 aliphatic rings. The van der Waals surface area contributed by atoms with Gasteiger partial charge < -0.3 is 20.4 Å². The molecule has 8 nitrogen and oxygen atoms in total. The fraction of sp³-hybridized carbons (Fsp3) is 0.615. The lowest BCUT2D eigenvalue weighted by molar-refractivity contribution is 0.0595. The first-order chi connectivity index (χ1) is 10.2. The lowest BCUT2D eigenvalue weighted by Crippen LogP contribution is -2.55. The van der Waals surface area contributed by atoms with Crippen molar-refractivity contribution >= 4 is 11.7 Å². The molecule has 2 rings (SSSR count). The third-order valence-electron chi connectivity index (χ3n) is 3.72. The Kier molecular flexibility index (Phi) is 5.15. The van der Waals surface area contributed by atoms with E-state index in [1.54, 1.807) is 11.0 Å². The fourth-order valence-corrected chi connectivity index (χ4v) is 2.58. The fourth-order valence-electron chi connectivity index (χ4n) is 2.58. The summed E-state index contributed by atoms with van der Waals surface area (Å²) >= 11 is 0. The average molecular weight is 295 g/mol. The molecule has 0 saturated carbocycles. The lowest BCUT2D eigenvalue weighted by Gasteiger charge is -2.38. The summed E-state index contributed by atoms with van der Waals surface area (Å²) in [6.45, 7) is 4.60. The Morgan fingerprint density at radius 2 is 2.24 bits per heavy atom. The Balaban J connectivity index is 1.94. The first-order valence-corrected chi connectivity index (χ1v) is 7.08. The summed E-state index contributed by atoms with van der Waals surface area (Å²) in [6, 6.07) is 1.48. The molecule has 1 fully saturated rings. The zero-order chi connectivity index (χ0) is 15.2. The van der Waals surface area contributed by atoms with E-state index in [-0.39, 0.29) is 17.8 Å². The number of carbonyl (C=O) groups excluding carboxylic acids is 1. The van der Waals surface area contributed by atoms with Gasteiger partial charge in [-0.25, -0.2) is 0 Å². The number of piperazine rings is 1. The first-order valence-electron chi connectivity index (χ1n) is 7.08. The number of nitrogens with zero attached hydrogens (tertiary/aromatic N) is 4. The Labute approximate surface area is 123 Å². The van der Waals surface area contributed by atoms with Crippen molar-refractivity contribution in [2.45, 2.75) is 25.8 Å². The van der Waals surface area contributed by atoms with Gasteiger partial charge in [-0.3, -0.25) is 9.69 Å². The summed E-state index contributed by atoms with van der Waals surface area (Å²) < 4.78 is 4.70. The van der Waals surface area contributed by atoms with Gasteiger partial charge in [0.2, 0.25) is 0 Å². The molecule has 0 spiro atoms. The predicted molar refractivity (Wildman–Crippen MR) is 76.1 cm³/mol. The van der Waals surface area contributed by atoms with Gasteiger partial charge in [-0.15, -0.1) is 0 Å². The van der Waals surface area contributed by atoms with Crippen LogP contribution in [0.2, 0.25) is 0 Å². The number of carbonyl (C=O) groups is 1. The van der Waals surface area contributed by atoms with E-state index in [4.69, 9.17) is 15.5 Å². The molecule has 116 valence electrons. The monoisotopic (exact) mass is 295 g/mol. The van der Waals surface area contributed by atoms with Gasteiger partial charge in [-0.1, -0.05) is 23.7 Å². The molecule has 1 amide bonds. The SMILES string of the molecule is CCCC(C(N)=NO)N1CCN(C(=O)c2ccon2)CC1. The third-order valence-corrected chi connectivity index (χ3v) is 3.72. The molecule has 1 aromatic heterocycles. The highest BCUT2D eigenvalue weighted by Crippen LogP contribution is 2.13. The number of oxime groups is 1. The number of rotatable bonds is 5. The molecule has 21 heavy (non-hydrogen) atoms. The molecule has 1 aromatic rings. The Hall–Kier alpha value is -2.09. The average Bonchev–Trinajstić information content (AvgIpc) is 3.06. The Bertz CT molecular complexity index is 480. The topological polar surface area (TPSA) is 108 Å². The van der Waals surface area contributed by atoms with E-state index in [0.717, 1.165) is 12.8 Å². The van der Waals surface area contributed by atoms with Gasteiger partial charge in [0.15, 0.2) is 11.5 Å². The van der Waals surface area contributed by atoms with Crippen molar-refractivity contribution in [3.8, 4) is 0 Å². The van der Waals surface area contributed by atoms with Crippen LogP contribution in [0, 0.1) is 0 Å². The van der Waals surface area contributed by atoms with Gasteiger partial charge in [0.1, 0.15) is 6.26 Å². The van der Waals surface area contributed by atoms with Crippen LogP contribution in [-0.2, 0) is 0 Å². The molecule has 0 aromatic carbocycles. The van der Waals surface area contributed by atoms with Gasteiger partial charge in [-0.2, -0.15) is 0 Å². The van der Waals surface area contributed by atoms with E-state index in [0.29, 0.717) is 31.9 Å². The second kappa shape index (κ2) is 7.07. The zero-order valence-corrected chi connectivity index (χ0v) is 12.1. The summed E-state index contributed by atoms with van der Waals surface area (Å²) in [5.74, 6) is 0.104. The molecule has 8 heteroatoms. The maximum absolute atomic E-state index is 12.1. The van der Waals surface area contributed by atoms with E-state index in [9.17, 15) is 4.79 Å². The molecule has 1 atom stereocenters. The molecule has 0 aliphatic carbocycles. The molecular formula is C13H21N5O3. The van der Waals surface area contributed by atoms with Gasteiger partial charge in [0.05, 0.1) is 6.04 Å². The van der Waals surface area contributed by atoms with Crippen molar-refractivity contribution in [1.82, 2.24) is 15.0 Å². The van der Waals surface area contributed by atoms with Gasteiger partial charge in [0.25, 0.3) is 5.91 Å². The molecule has 1 unspecified atom stereocenters. The minimum atomic E-state index is -0.126. The van der Waals surface area contributed by atoms with Crippen LogP contribution in [0.5, 0.6) is 0 Å². The number of nitrogens with two attached hydrogens (primary N) is 1. The van der Waals surface area contributed by atoms with Crippen LogP contribution in [0.3, 0.4) is 0 Å². The van der Waals surface area contributed by atoms with Crippen LogP contribution < -0.4 is 5.73 Å². The molecule has 1 saturated heterocycles. The minimum Gasteiger partial charge on any atom is -0.409 e. The summed E-state index contributed by atoms with van der Waals surface area (Å²) in [7, 11) is 0. The van der Waals surface area contributed by atoms with Gasteiger partial charge >= 0.3 is 0 Å². The second-order valence-electron chi connectivity index (χ2n) is 5.04. The molecule has 0 bridgehead atoms. The lowest BCUT2D eigenvalue weighted by atomic mass is 10.1. The zero-order valence-electron chi connectivity index (χ0n) is 12.1. The number of amidine groups is 1. The van der Waals surface area contributed by atoms with E-state index in [1.807, 2.05) is 0 Å². The molecule has 3 N–H and O–H groups in total. The van der Waals surface area contributed by atoms with Crippen LogP contribution in [0.1, 0.15) is 30.3 Å². The molecule has 1 aliphatic heterocycles. The van der Waals surface area contributed by atoms with Crippen LogP contribution in [-0.4, -0.2) is 64.1 Å².